The molecule has 0 aromatic heterocycles. The van der Waals surface area contributed by atoms with Crippen LogP contribution in [0.3, 0.4) is 0 Å². The molecule has 1 aromatic carbocycles. The van der Waals surface area contributed by atoms with Crippen LogP contribution in [0.5, 0.6) is 0 Å². The van der Waals surface area contributed by atoms with Crippen LogP contribution in [0.2, 0.25) is 0 Å². The number of benzene rings is 1. The molecule has 0 radical (unpaired) electrons. The molecule has 0 spiro atoms. The summed E-state index contributed by atoms with van der Waals surface area (Å²) in [5.41, 5.74) is 6.78. The highest BCUT2D eigenvalue weighted by atomic mass is 32.2. The Labute approximate surface area is 124 Å². The molecule has 0 bridgehead atoms. The van der Waals surface area contributed by atoms with Gasteiger partial charge in [-0.1, -0.05) is 0 Å². The van der Waals surface area contributed by atoms with Gasteiger partial charge in [0, 0.05) is 24.8 Å². The van der Waals surface area contributed by atoms with Gasteiger partial charge in [-0.25, -0.2) is 13.2 Å². The van der Waals surface area contributed by atoms with Crippen LogP contribution in [-0.2, 0) is 14.8 Å². The van der Waals surface area contributed by atoms with Crippen LogP contribution in [0.4, 0.5) is 10.5 Å². The van der Waals surface area contributed by atoms with Crippen LogP contribution in [0, 0.1) is 6.92 Å². The lowest BCUT2D eigenvalue weighted by Gasteiger charge is -2.18. The SMILES string of the molecule is COC(=O)NC1CCN(S(=O)(=O)c2ccc(N)cc2C)C1. The standard InChI is InChI=1S/C13H19N3O4S/c1-9-7-10(14)3-4-12(9)21(18,19)16-6-5-11(8-16)15-13(17)20-2/h3-4,7,11H,5-6,8,14H2,1-2H3,(H,15,17). The summed E-state index contributed by atoms with van der Waals surface area (Å²) in [4.78, 5) is 11.4. The zero-order chi connectivity index (χ0) is 15.6. The monoisotopic (exact) mass is 313 g/mol. The van der Waals surface area contributed by atoms with Crippen LogP contribution in [0.25, 0.3) is 0 Å². The van der Waals surface area contributed by atoms with Crippen molar-refractivity contribution in [3.63, 3.8) is 0 Å². The van der Waals surface area contributed by atoms with E-state index in [9.17, 15) is 13.2 Å². The quantitative estimate of drug-likeness (QED) is 0.800. The Balaban J connectivity index is 2.16. The number of nitrogens with one attached hydrogen (secondary N) is 1. The number of rotatable bonds is 3. The molecule has 8 heteroatoms. The van der Waals surface area contributed by atoms with Gasteiger partial charge in [0.25, 0.3) is 0 Å². The van der Waals surface area contributed by atoms with E-state index in [2.05, 4.69) is 10.1 Å². The van der Waals surface area contributed by atoms with E-state index in [1.165, 1.54) is 17.5 Å². The third-order valence-corrected chi connectivity index (χ3v) is 5.50. The zero-order valence-corrected chi connectivity index (χ0v) is 12.8. The van der Waals surface area contributed by atoms with E-state index in [1.807, 2.05) is 0 Å². The predicted octanol–water partition coefficient (Wildman–Crippen LogP) is 0.696. The number of anilines is 1. The number of hydrogen-bond donors (Lipinski definition) is 2. The highest BCUT2D eigenvalue weighted by molar-refractivity contribution is 7.89. The largest absolute Gasteiger partial charge is 0.453 e. The average molecular weight is 313 g/mol. The molecule has 21 heavy (non-hydrogen) atoms. The number of sulfonamides is 1. The molecule has 1 atom stereocenters. The van der Waals surface area contributed by atoms with Crippen LogP contribution in [0.1, 0.15) is 12.0 Å². The summed E-state index contributed by atoms with van der Waals surface area (Å²) in [6.45, 7) is 2.31. The van der Waals surface area contributed by atoms with Crippen molar-refractivity contribution >= 4 is 21.8 Å². The Morgan fingerprint density at radius 3 is 2.81 bits per heavy atom. The second kappa shape index (κ2) is 5.90. The molecule has 1 amide bonds. The first-order chi connectivity index (χ1) is 9.84. The molecule has 3 N–H and O–H groups in total. The van der Waals surface area contributed by atoms with Crippen molar-refractivity contribution in [2.75, 3.05) is 25.9 Å². The molecule has 116 valence electrons. The molecule has 1 aliphatic rings. The molecule has 1 unspecified atom stereocenters. The maximum Gasteiger partial charge on any atom is 0.407 e. The van der Waals surface area contributed by atoms with Gasteiger partial charge >= 0.3 is 6.09 Å². The Morgan fingerprint density at radius 2 is 2.19 bits per heavy atom. The van der Waals surface area contributed by atoms with E-state index in [4.69, 9.17) is 5.73 Å². The van der Waals surface area contributed by atoms with Gasteiger partial charge in [0.1, 0.15) is 0 Å². The number of amides is 1. The first-order valence-electron chi connectivity index (χ1n) is 6.55. The number of nitrogen functional groups attached to an aromatic ring is 1. The number of alkyl carbamates (subject to hydrolysis) is 1. The van der Waals surface area contributed by atoms with Crippen molar-refractivity contribution in [3.8, 4) is 0 Å². The van der Waals surface area contributed by atoms with E-state index in [0.29, 0.717) is 24.2 Å². The van der Waals surface area contributed by atoms with Gasteiger partial charge in [0.05, 0.1) is 12.0 Å². The Hall–Kier alpha value is -1.80. The molecule has 7 nitrogen and oxygen atoms in total. The summed E-state index contributed by atoms with van der Waals surface area (Å²) in [5.74, 6) is 0. The number of hydrogen-bond acceptors (Lipinski definition) is 5. The molecule has 1 fully saturated rings. The van der Waals surface area contributed by atoms with Crippen molar-refractivity contribution in [3.05, 3.63) is 23.8 Å². The molecular weight excluding hydrogens is 294 g/mol. The van der Waals surface area contributed by atoms with E-state index in [0.717, 1.165) is 0 Å². The number of ether oxygens (including phenoxy) is 1. The molecule has 1 aromatic rings. The highest BCUT2D eigenvalue weighted by Gasteiger charge is 2.34. The second-order valence-electron chi connectivity index (χ2n) is 5.01. The normalized spacial score (nSPS) is 19.4. The molecule has 2 rings (SSSR count). The van der Waals surface area contributed by atoms with Gasteiger partial charge in [-0.2, -0.15) is 4.31 Å². The van der Waals surface area contributed by atoms with Gasteiger partial charge in [-0.3, -0.25) is 0 Å². The van der Waals surface area contributed by atoms with Crippen molar-refractivity contribution in [2.24, 2.45) is 0 Å². The van der Waals surface area contributed by atoms with Gasteiger partial charge in [-0.15, -0.1) is 0 Å². The smallest absolute Gasteiger partial charge is 0.407 e. The Morgan fingerprint density at radius 1 is 1.48 bits per heavy atom. The van der Waals surface area contributed by atoms with Crippen LogP contribution >= 0.6 is 0 Å². The maximum absolute atomic E-state index is 12.6. The minimum absolute atomic E-state index is 0.235. The lowest BCUT2D eigenvalue weighted by molar-refractivity contribution is 0.167. The summed E-state index contributed by atoms with van der Waals surface area (Å²) < 4.78 is 31.1. The number of nitrogens with zero attached hydrogens (tertiary/aromatic N) is 1. The van der Waals surface area contributed by atoms with E-state index < -0.39 is 16.1 Å². The van der Waals surface area contributed by atoms with Gasteiger partial charge in [-0.05, 0) is 37.1 Å². The fourth-order valence-corrected chi connectivity index (χ4v) is 4.10. The van der Waals surface area contributed by atoms with Crippen LogP contribution in [0.15, 0.2) is 23.1 Å². The summed E-state index contributed by atoms with van der Waals surface area (Å²) in [7, 11) is -2.30. The molecule has 1 heterocycles. The van der Waals surface area contributed by atoms with E-state index >= 15 is 0 Å². The highest BCUT2D eigenvalue weighted by Crippen LogP contribution is 2.25. The average Bonchev–Trinajstić information content (AvgIpc) is 2.87. The topological polar surface area (TPSA) is 102 Å². The van der Waals surface area contributed by atoms with Crippen LogP contribution < -0.4 is 11.1 Å². The van der Waals surface area contributed by atoms with E-state index in [1.54, 1.807) is 19.1 Å². The van der Waals surface area contributed by atoms with Crippen molar-refractivity contribution in [2.45, 2.75) is 24.3 Å². The second-order valence-corrected chi connectivity index (χ2v) is 6.92. The number of aryl methyl sites for hydroxylation is 1. The first kappa shape index (κ1) is 15.6. The Kier molecular flexibility index (Phi) is 4.38. The van der Waals surface area contributed by atoms with Gasteiger partial charge < -0.3 is 15.8 Å². The number of carbonyl (C=O) groups is 1. The van der Waals surface area contributed by atoms with Gasteiger partial charge in [0.2, 0.25) is 10.0 Å². The Bertz CT molecular complexity index is 645. The minimum atomic E-state index is -3.58. The number of carbonyl (C=O) groups excluding carboxylic acids is 1. The molecule has 0 saturated carbocycles. The van der Waals surface area contributed by atoms with Crippen molar-refractivity contribution in [1.29, 1.82) is 0 Å². The summed E-state index contributed by atoms with van der Waals surface area (Å²) >= 11 is 0. The fourth-order valence-electron chi connectivity index (χ4n) is 2.39. The van der Waals surface area contributed by atoms with Crippen molar-refractivity contribution in [1.82, 2.24) is 9.62 Å². The lowest BCUT2D eigenvalue weighted by Crippen LogP contribution is -2.38. The third kappa shape index (κ3) is 3.27. The molecular formula is C13H19N3O4S. The minimum Gasteiger partial charge on any atom is -0.453 e. The van der Waals surface area contributed by atoms with E-state index in [-0.39, 0.29) is 17.5 Å². The van der Waals surface area contributed by atoms with Gasteiger partial charge in [0.15, 0.2) is 0 Å². The summed E-state index contributed by atoms with van der Waals surface area (Å²) in [6.07, 6.45) is 0.00503. The van der Waals surface area contributed by atoms with Crippen molar-refractivity contribution < 1.29 is 17.9 Å². The third-order valence-electron chi connectivity index (χ3n) is 3.48. The summed E-state index contributed by atoms with van der Waals surface area (Å²) in [5, 5.41) is 2.62. The molecule has 1 aliphatic heterocycles. The zero-order valence-electron chi connectivity index (χ0n) is 12.0. The predicted molar refractivity (Wildman–Crippen MR) is 78.3 cm³/mol. The molecule has 0 aliphatic carbocycles. The first-order valence-corrected chi connectivity index (χ1v) is 7.99. The number of methoxy groups -OCH3 is 1. The van der Waals surface area contributed by atoms with Crippen LogP contribution in [-0.4, -0.2) is 45.1 Å². The summed E-state index contributed by atoms with van der Waals surface area (Å²) in [6, 6.07) is 4.48. The lowest BCUT2D eigenvalue weighted by atomic mass is 10.2. The fraction of sp³-hybridized carbons (Fsp3) is 0.462. The number of nitrogens with two attached hydrogens (primary N) is 1. The molecule has 1 saturated heterocycles. The maximum atomic E-state index is 12.6.